The topological polar surface area (TPSA) is 29.5 Å². The molecule has 0 saturated carbocycles. The molecule has 1 unspecified atom stereocenters. The van der Waals surface area contributed by atoms with Gasteiger partial charge in [-0.15, -0.1) is 0 Å². The Bertz CT molecular complexity index is 870. The fourth-order valence-corrected chi connectivity index (χ4v) is 3.21. The highest BCUT2D eigenvalue weighted by Crippen LogP contribution is 2.31. The molecule has 0 aliphatic carbocycles. The van der Waals surface area contributed by atoms with Crippen LogP contribution in [0, 0.1) is 6.92 Å². The van der Waals surface area contributed by atoms with Crippen LogP contribution >= 0.6 is 11.6 Å². The first-order valence-corrected chi connectivity index (χ1v) is 9.77. The first kappa shape index (κ1) is 19.3. The summed E-state index contributed by atoms with van der Waals surface area (Å²) in [5, 5.41) is 10.5. The van der Waals surface area contributed by atoms with Gasteiger partial charge in [-0.1, -0.05) is 61.3 Å². The third-order valence-electron chi connectivity index (χ3n) is 4.73. The first-order chi connectivity index (χ1) is 13.1. The number of ether oxygens (including phenoxy) is 1. The van der Waals surface area contributed by atoms with Crippen LogP contribution in [0.3, 0.4) is 0 Å². The lowest BCUT2D eigenvalue weighted by atomic mass is 9.99. The second kappa shape index (κ2) is 8.96. The molecule has 3 aromatic carbocycles. The van der Waals surface area contributed by atoms with E-state index in [9.17, 15) is 5.11 Å². The van der Waals surface area contributed by atoms with E-state index >= 15 is 0 Å². The summed E-state index contributed by atoms with van der Waals surface area (Å²) in [7, 11) is 0. The van der Waals surface area contributed by atoms with Gasteiger partial charge in [0.25, 0.3) is 0 Å². The average molecular weight is 381 g/mol. The summed E-state index contributed by atoms with van der Waals surface area (Å²) in [5.74, 6) is 1.08. The number of rotatable bonds is 7. The molecule has 0 spiro atoms. The highest BCUT2D eigenvalue weighted by Gasteiger charge is 2.14. The molecule has 0 saturated heterocycles. The zero-order valence-electron chi connectivity index (χ0n) is 15.8. The number of unbranched alkanes of at least 4 members (excludes halogenated alkanes) is 1. The van der Waals surface area contributed by atoms with Gasteiger partial charge in [-0.2, -0.15) is 0 Å². The van der Waals surface area contributed by atoms with Crippen LogP contribution in [-0.4, -0.2) is 5.11 Å². The van der Waals surface area contributed by atoms with Crippen LogP contribution in [0.1, 0.15) is 43.4 Å². The Morgan fingerprint density at radius 1 is 0.926 bits per heavy atom. The predicted molar refractivity (Wildman–Crippen MR) is 113 cm³/mol. The molecule has 27 heavy (non-hydrogen) atoms. The Hall–Kier alpha value is -2.45. The molecular formula is C24H25ClO2. The molecule has 0 aliphatic heterocycles. The molecule has 3 rings (SSSR count). The molecule has 1 N–H and O–H groups in total. The average Bonchev–Trinajstić information content (AvgIpc) is 2.69. The molecule has 0 radical (unpaired) electrons. The molecule has 0 fully saturated rings. The van der Waals surface area contributed by atoms with Gasteiger partial charge in [-0.05, 0) is 72.4 Å². The van der Waals surface area contributed by atoms with E-state index < -0.39 is 0 Å². The zero-order chi connectivity index (χ0) is 19.2. The van der Waals surface area contributed by atoms with Crippen LogP contribution in [0.2, 0.25) is 5.02 Å². The van der Waals surface area contributed by atoms with Gasteiger partial charge in [0.05, 0.1) is 0 Å². The normalized spacial score (nSPS) is 12.0. The van der Waals surface area contributed by atoms with Crippen molar-refractivity contribution < 1.29 is 9.84 Å². The zero-order valence-corrected chi connectivity index (χ0v) is 16.5. The summed E-state index contributed by atoms with van der Waals surface area (Å²) in [6.07, 6.45) is 3.17. The first-order valence-electron chi connectivity index (χ1n) is 9.39. The number of hydrogen-bond donors (Lipinski definition) is 1. The third-order valence-corrected chi connectivity index (χ3v) is 4.98. The fraction of sp³-hybridized carbons (Fsp3) is 0.250. The van der Waals surface area contributed by atoms with Crippen molar-refractivity contribution in [2.45, 2.75) is 39.2 Å². The van der Waals surface area contributed by atoms with Gasteiger partial charge in [-0.25, -0.2) is 0 Å². The summed E-state index contributed by atoms with van der Waals surface area (Å²) in [5.41, 5.74) is 4.28. The third kappa shape index (κ3) is 5.05. The highest BCUT2D eigenvalue weighted by molar-refractivity contribution is 6.30. The van der Waals surface area contributed by atoms with E-state index in [0.29, 0.717) is 5.75 Å². The number of benzene rings is 3. The Balaban J connectivity index is 1.81. The molecule has 140 valence electrons. The predicted octanol–water partition coefficient (Wildman–Crippen LogP) is 7.33. The molecular weight excluding hydrogens is 356 g/mol. The van der Waals surface area contributed by atoms with Gasteiger partial charge < -0.3 is 9.84 Å². The second-order valence-electron chi connectivity index (χ2n) is 6.83. The molecule has 3 aromatic rings. The number of halogens is 1. The standard InChI is InChI=1S/C24H25ClO2/c1-3-4-5-24(27-22-14-15-23(26)17(2)16-22)20-8-6-18(7-9-20)19-10-12-21(25)13-11-19/h6-16,24,26H,3-5H2,1-2H3. The van der Waals surface area contributed by atoms with E-state index in [2.05, 4.69) is 31.2 Å². The fourth-order valence-electron chi connectivity index (χ4n) is 3.08. The lowest BCUT2D eigenvalue weighted by Crippen LogP contribution is -2.08. The van der Waals surface area contributed by atoms with Crippen molar-refractivity contribution in [1.29, 1.82) is 0 Å². The van der Waals surface area contributed by atoms with Crippen molar-refractivity contribution in [1.82, 2.24) is 0 Å². The van der Waals surface area contributed by atoms with E-state index in [1.165, 1.54) is 0 Å². The van der Waals surface area contributed by atoms with Crippen LogP contribution in [0.5, 0.6) is 11.5 Å². The number of phenolic OH excluding ortho intramolecular Hbond substituents is 1. The molecule has 0 heterocycles. The molecule has 0 bridgehead atoms. The molecule has 0 aliphatic rings. The van der Waals surface area contributed by atoms with Gasteiger partial charge in [0.1, 0.15) is 17.6 Å². The van der Waals surface area contributed by atoms with Crippen LogP contribution in [0.15, 0.2) is 66.7 Å². The van der Waals surface area contributed by atoms with Crippen molar-refractivity contribution in [2.75, 3.05) is 0 Å². The Kier molecular flexibility index (Phi) is 6.41. The Morgan fingerprint density at radius 3 is 2.15 bits per heavy atom. The molecule has 1 atom stereocenters. The molecule has 3 heteroatoms. The maximum atomic E-state index is 9.73. The molecule has 0 aromatic heterocycles. The van der Waals surface area contributed by atoms with Crippen molar-refractivity contribution in [3.63, 3.8) is 0 Å². The van der Waals surface area contributed by atoms with Crippen LogP contribution in [0.25, 0.3) is 11.1 Å². The lowest BCUT2D eigenvalue weighted by molar-refractivity contribution is 0.191. The van der Waals surface area contributed by atoms with Gasteiger partial charge in [-0.3, -0.25) is 0 Å². The summed E-state index contributed by atoms with van der Waals surface area (Å²) in [4.78, 5) is 0. The minimum Gasteiger partial charge on any atom is -0.508 e. The van der Waals surface area contributed by atoms with Crippen molar-refractivity contribution in [3.8, 4) is 22.6 Å². The summed E-state index contributed by atoms with van der Waals surface area (Å²) in [6.45, 7) is 4.07. The van der Waals surface area contributed by atoms with Gasteiger partial charge in [0.2, 0.25) is 0 Å². The van der Waals surface area contributed by atoms with Gasteiger partial charge >= 0.3 is 0 Å². The van der Waals surface area contributed by atoms with E-state index in [0.717, 1.165) is 52.3 Å². The van der Waals surface area contributed by atoms with Crippen molar-refractivity contribution >= 4 is 11.6 Å². The minimum atomic E-state index is -0.00633. The minimum absolute atomic E-state index is 0.00633. The van der Waals surface area contributed by atoms with E-state index in [1.54, 1.807) is 6.07 Å². The van der Waals surface area contributed by atoms with Crippen molar-refractivity contribution in [3.05, 3.63) is 82.9 Å². The smallest absolute Gasteiger partial charge is 0.124 e. The second-order valence-corrected chi connectivity index (χ2v) is 7.26. The highest BCUT2D eigenvalue weighted by atomic mass is 35.5. The number of phenols is 1. The van der Waals surface area contributed by atoms with E-state index in [-0.39, 0.29) is 6.10 Å². The largest absolute Gasteiger partial charge is 0.508 e. The van der Waals surface area contributed by atoms with Crippen molar-refractivity contribution in [2.24, 2.45) is 0 Å². The number of aryl methyl sites for hydroxylation is 1. The van der Waals surface area contributed by atoms with Gasteiger partial charge in [0.15, 0.2) is 0 Å². The van der Waals surface area contributed by atoms with E-state index in [4.69, 9.17) is 16.3 Å². The van der Waals surface area contributed by atoms with Crippen LogP contribution < -0.4 is 4.74 Å². The van der Waals surface area contributed by atoms with Crippen LogP contribution in [-0.2, 0) is 0 Å². The number of hydrogen-bond acceptors (Lipinski definition) is 2. The SMILES string of the molecule is CCCCC(Oc1ccc(O)c(C)c1)c1ccc(-c2ccc(Cl)cc2)cc1. The molecule has 0 amide bonds. The van der Waals surface area contributed by atoms with Crippen LogP contribution in [0.4, 0.5) is 0 Å². The Morgan fingerprint density at radius 2 is 1.56 bits per heavy atom. The summed E-state index contributed by atoms with van der Waals surface area (Å²) >= 11 is 5.98. The lowest BCUT2D eigenvalue weighted by Gasteiger charge is -2.20. The monoisotopic (exact) mass is 380 g/mol. The molecule has 2 nitrogen and oxygen atoms in total. The maximum Gasteiger partial charge on any atom is 0.124 e. The van der Waals surface area contributed by atoms with Gasteiger partial charge in [0, 0.05) is 5.02 Å². The quantitative estimate of drug-likeness (QED) is 0.464. The van der Waals surface area contributed by atoms with E-state index in [1.807, 2.05) is 43.3 Å². The number of aromatic hydroxyl groups is 1. The summed E-state index contributed by atoms with van der Waals surface area (Å²) < 4.78 is 6.27. The Labute approximate surface area is 166 Å². The summed E-state index contributed by atoms with van der Waals surface area (Å²) in [6, 6.07) is 21.8. The maximum absolute atomic E-state index is 9.73.